The van der Waals surface area contributed by atoms with Gasteiger partial charge in [-0.05, 0) is 81.9 Å². The van der Waals surface area contributed by atoms with Crippen LogP contribution in [0.4, 0.5) is 0 Å². The Hall–Kier alpha value is -2.98. The second kappa shape index (κ2) is 12.7. The van der Waals surface area contributed by atoms with E-state index in [4.69, 9.17) is 10.8 Å². The summed E-state index contributed by atoms with van der Waals surface area (Å²) in [6, 6.07) is 14.2. The predicted molar refractivity (Wildman–Crippen MR) is 123 cm³/mol. The second-order valence-electron chi connectivity index (χ2n) is 7.67. The first-order valence-corrected chi connectivity index (χ1v) is 10.4. The number of aryl methyl sites for hydroxylation is 1. The van der Waals surface area contributed by atoms with Gasteiger partial charge in [-0.25, -0.2) is 0 Å². The first-order valence-electron chi connectivity index (χ1n) is 10.4. The molecular weight excluding hydrogens is 390 g/mol. The minimum atomic E-state index is -0.895. The summed E-state index contributed by atoms with van der Waals surface area (Å²) in [5.74, 6) is 5.30. The molecule has 2 aromatic rings. The molecule has 0 saturated carbocycles. The lowest BCUT2D eigenvalue weighted by Crippen LogP contribution is -2.46. The van der Waals surface area contributed by atoms with Gasteiger partial charge in [0, 0.05) is 23.2 Å². The van der Waals surface area contributed by atoms with Gasteiger partial charge in [-0.3, -0.25) is 9.59 Å². The predicted octanol–water partition coefficient (Wildman–Crippen LogP) is 1.59. The lowest BCUT2D eigenvalue weighted by molar-refractivity contribution is -0.123. The second-order valence-corrected chi connectivity index (χ2v) is 7.67. The van der Waals surface area contributed by atoms with Crippen molar-refractivity contribution in [3.8, 4) is 11.8 Å². The monoisotopic (exact) mass is 421 g/mol. The van der Waals surface area contributed by atoms with E-state index < -0.39 is 24.3 Å². The van der Waals surface area contributed by atoms with Crippen molar-refractivity contribution < 1.29 is 14.7 Å². The number of benzene rings is 2. The largest absolute Gasteiger partial charge is 0.388 e. The molecule has 0 saturated heterocycles. The number of amides is 1. The van der Waals surface area contributed by atoms with Gasteiger partial charge in [-0.1, -0.05) is 24.0 Å². The van der Waals surface area contributed by atoms with Gasteiger partial charge in [0.25, 0.3) is 5.91 Å². The van der Waals surface area contributed by atoms with E-state index in [9.17, 15) is 9.59 Å². The first-order chi connectivity index (χ1) is 14.9. The number of carbonyl (C=O) groups is 2. The summed E-state index contributed by atoms with van der Waals surface area (Å²) >= 11 is 0. The standard InChI is InChI=1S/C25H31N3O3/c1-28(2)16-4-3-5-19-6-8-20(9-7-19)10-11-21-12-14-22(15-13-21)25(31)27-23(17-26)24(30)18-29/h6-9,12-15,23,29H,3-5,16-18,26H2,1-2H3,(H,27,31)/t23-/m0/s1. The lowest BCUT2D eigenvalue weighted by atomic mass is 10.1. The van der Waals surface area contributed by atoms with Crippen LogP contribution in [0.1, 0.15) is 39.9 Å². The Balaban J connectivity index is 1.92. The molecule has 0 fully saturated rings. The smallest absolute Gasteiger partial charge is 0.251 e. The van der Waals surface area contributed by atoms with Gasteiger partial charge in [0.15, 0.2) is 5.78 Å². The average Bonchev–Trinajstić information content (AvgIpc) is 2.79. The van der Waals surface area contributed by atoms with E-state index in [1.165, 1.54) is 18.4 Å². The Morgan fingerprint density at radius 2 is 1.58 bits per heavy atom. The maximum absolute atomic E-state index is 12.2. The van der Waals surface area contributed by atoms with Crippen molar-refractivity contribution in [3.05, 3.63) is 70.8 Å². The Kier molecular flexibility index (Phi) is 9.92. The molecule has 6 heteroatoms. The maximum Gasteiger partial charge on any atom is 0.251 e. The highest BCUT2D eigenvalue weighted by atomic mass is 16.3. The van der Waals surface area contributed by atoms with E-state index >= 15 is 0 Å². The molecule has 4 N–H and O–H groups in total. The Morgan fingerprint density at radius 3 is 2.10 bits per heavy atom. The molecule has 164 valence electrons. The minimum absolute atomic E-state index is 0.0659. The Morgan fingerprint density at radius 1 is 1.00 bits per heavy atom. The summed E-state index contributed by atoms with van der Waals surface area (Å²) in [6.07, 6.45) is 3.43. The van der Waals surface area contributed by atoms with Crippen molar-refractivity contribution in [2.24, 2.45) is 5.73 Å². The SMILES string of the molecule is CN(C)CCCCc1ccc(C#Cc2ccc(C(=O)N[C@@H](CN)C(=O)CO)cc2)cc1. The van der Waals surface area contributed by atoms with E-state index in [2.05, 4.69) is 48.3 Å². The fraction of sp³-hybridized carbons (Fsp3) is 0.360. The third kappa shape index (κ3) is 8.35. The van der Waals surface area contributed by atoms with Gasteiger partial charge in [0.05, 0.1) is 0 Å². The summed E-state index contributed by atoms with van der Waals surface area (Å²) < 4.78 is 0. The number of carbonyl (C=O) groups excluding carboxylic acids is 2. The van der Waals surface area contributed by atoms with Crippen LogP contribution in [0.5, 0.6) is 0 Å². The van der Waals surface area contributed by atoms with Gasteiger partial charge < -0.3 is 21.1 Å². The van der Waals surface area contributed by atoms with Crippen LogP contribution in [-0.2, 0) is 11.2 Å². The number of aliphatic hydroxyl groups excluding tert-OH is 1. The third-order valence-corrected chi connectivity index (χ3v) is 4.86. The van der Waals surface area contributed by atoms with Crippen LogP contribution in [-0.4, -0.2) is 61.5 Å². The van der Waals surface area contributed by atoms with Gasteiger partial charge in [0.2, 0.25) is 0 Å². The number of ketones is 1. The number of Topliss-reactive ketones (excluding diaryl/α,β-unsaturated/α-hetero) is 1. The Labute approximate surface area is 184 Å². The van der Waals surface area contributed by atoms with E-state index in [1.807, 2.05) is 12.1 Å². The summed E-state index contributed by atoms with van der Waals surface area (Å²) in [4.78, 5) is 26.0. The molecule has 31 heavy (non-hydrogen) atoms. The molecule has 0 aliphatic rings. The number of nitrogens with two attached hydrogens (primary N) is 1. The van der Waals surface area contributed by atoms with Crippen LogP contribution in [0, 0.1) is 11.8 Å². The van der Waals surface area contributed by atoms with Crippen LogP contribution in [0.3, 0.4) is 0 Å². The molecule has 2 rings (SSSR count). The van der Waals surface area contributed by atoms with Crippen molar-refractivity contribution in [1.29, 1.82) is 0 Å². The topological polar surface area (TPSA) is 95.7 Å². The quantitative estimate of drug-likeness (QED) is 0.400. The van der Waals surface area contributed by atoms with Crippen LogP contribution >= 0.6 is 0 Å². The van der Waals surface area contributed by atoms with Gasteiger partial charge in [0.1, 0.15) is 12.6 Å². The molecule has 0 radical (unpaired) electrons. The van der Waals surface area contributed by atoms with Crippen LogP contribution in [0.25, 0.3) is 0 Å². The number of aliphatic hydroxyl groups is 1. The van der Waals surface area contributed by atoms with Crippen LogP contribution in [0.2, 0.25) is 0 Å². The highest BCUT2D eigenvalue weighted by Crippen LogP contribution is 2.09. The fourth-order valence-corrected chi connectivity index (χ4v) is 2.98. The highest BCUT2D eigenvalue weighted by Gasteiger charge is 2.18. The number of hydrogen-bond donors (Lipinski definition) is 3. The van der Waals surface area contributed by atoms with E-state index in [1.54, 1.807) is 24.3 Å². The third-order valence-electron chi connectivity index (χ3n) is 4.86. The Bertz CT molecular complexity index is 910. The van der Waals surface area contributed by atoms with Gasteiger partial charge in [-0.2, -0.15) is 0 Å². The van der Waals surface area contributed by atoms with Crippen LogP contribution in [0.15, 0.2) is 48.5 Å². The zero-order chi connectivity index (χ0) is 22.6. The minimum Gasteiger partial charge on any atom is -0.388 e. The molecule has 0 heterocycles. The molecule has 6 nitrogen and oxygen atoms in total. The molecule has 0 aliphatic carbocycles. The highest BCUT2D eigenvalue weighted by molar-refractivity contribution is 5.98. The number of nitrogens with zero attached hydrogens (tertiary/aromatic N) is 1. The summed E-state index contributed by atoms with van der Waals surface area (Å²) in [5.41, 5.74) is 8.91. The summed E-state index contributed by atoms with van der Waals surface area (Å²) in [6.45, 7) is 0.385. The summed E-state index contributed by atoms with van der Waals surface area (Å²) in [5, 5.41) is 11.4. The zero-order valence-electron chi connectivity index (χ0n) is 18.2. The first kappa shape index (κ1) is 24.3. The molecule has 0 aromatic heterocycles. The molecule has 1 amide bonds. The number of hydrogen-bond acceptors (Lipinski definition) is 5. The lowest BCUT2D eigenvalue weighted by Gasteiger charge is -2.14. The van der Waals surface area contributed by atoms with E-state index in [-0.39, 0.29) is 6.54 Å². The number of rotatable bonds is 10. The van der Waals surface area contributed by atoms with E-state index in [0.717, 1.165) is 24.1 Å². The van der Waals surface area contributed by atoms with Crippen molar-refractivity contribution in [2.45, 2.75) is 25.3 Å². The number of unbranched alkanes of at least 4 members (excludes halogenated alkanes) is 1. The van der Waals surface area contributed by atoms with Gasteiger partial charge >= 0.3 is 0 Å². The molecule has 0 unspecified atom stereocenters. The van der Waals surface area contributed by atoms with Crippen molar-refractivity contribution >= 4 is 11.7 Å². The maximum atomic E-state index is 12.2. The molecule has 1 atom stereocenters. The fourth-order valence-electron chi connectivity index (χ4n) is 2.98. The molecule has 0 aliphatic heterocycles. The zero-order valence-corrected chi connectivity index (χ0v) is 18.2. The normalized spacial score (nSPS) is 11.5. The average molecular weight is 422 g/mol. The molecule has 2 aromatic carbocycles. The van der Waals surface area contributed by atoms with Crippen molar-refractivity contribution in [3.63, 3.8) is 0 Å². The van der Waals surface area contributed by atoms with E-state index in [0.29, 0.717) is 5.56 Å². The summed E-state index contributed by atoms with van der Waals surface area (Å²) in [7, 11) is 4.18. The molecular formula is C25H31N3O3. The van der Waals surface area contributed by atoms with Crippen LogP contribution < -0.4 is 11.1 Å². The molecule has 0 bridgehead atoms. The molecule has 0 spiro atoms. The number of nitrogens with one attached hydrogen (secondary N) is 1. The van der Waals surface area contributed by atoms with Crippen molar-refractivity contribution in [1.82, 2.24) is 10.2 Å². The van der Waals surface area contributed by atoms with Crippen molar-refractivity contribution in [2.75, 3.05) is 33.8 Å². The van der Waals surface area contributed by atoms with Gasteiger partial charge in [-0.15, -0.1) is 0 Å².